The number of benzene rings is 1. The number of aromatic nitrogens is 6. The number of nitrogens with zero attached hydrogens (tertiary/aromatic N) is 6. The van der Waals surface area contributed by atoms with Gasteiger partial charge in [-0.25, -0.2) is 9.48 Å². The lowest BCUT2D eigenvalue weighted by Gasteiger charge is -2.03. The number of aromatic carboxylic acids is 1. The number of aryl methyl sites for hydroxylation is 1. The molecule has 0 aliphatic heterocycles. The van der Waals surface area contributed by atoms with Gasteiger partial charge in [0.2, 0.25) is 0 Å². The van der Waals surface area contributed by atoms with Crippen LogP contribution in [-0.4, -0.2) is 41.1 Å². The van der Waals surface area contributed by atoms with Crippen molar-refractivity contribution in [1.82, 2.24) is 30.0 Å². The van der Waals surface area contributed by atoms with Gasteiger partial charge in [-0.1, -0.05) is 23.3 Å². The lowest BCUT2D eigenvalue weighted by atomic mass is 10.3. The zero-order valence-corrected chi connectivity index (χ0v) is 10.5. The van der Waals surface area contributed by atoms with Crippen molar-refractivity contribution in [3.8, 4) is 11.6 Å². The molecule has 3 aromatic rings. The second-order valence-corrected chi connectivity index (χ2v) is 4.10. The van der Waals surface area contributed by atoms with Crippen LogP contribution in [0, 0.1) is 6.92 Å². The Labute approximate surface area is 113 Å². The lowest BCUT2D eigenvalue weighted by Crippen LogP contribution is -2.07. The van der Waals surface area contributed by atoms with Gasteiger partial charge >= 0.3 is 5.97 Å². The van der Waals surface area contributed by atoms with Gasteiger partial charge < -0.3 is 5.11 Å². The number of hydrogen-bond acceptors (Lipinski definition) is 5. The van der Waals surface area contributed by atoms with Gasteiger partial charge in [-0.15, -0.1) is 0 Å². The average Bonchev–Trinajstić information content (AvgIpc) is 3.05. The summed E-state index contributed by atoms with van der Waals surface area (Å²) in [5.41, 5.74) is 1.28. The molecule has 0 radical (unpaired) electrons. The molecule has 0 spiro atoms. The number of carboxylic acid groups (broad SMARTS) is 1. The highest BCUT2D eigenvalue weighted by Gasteiger charge is 2.17. The van der Waals surface area contributed by atoms with Crippen molar-refractivity contribution in [1.29, 1.82) is 0 Å². The van der Waals surface area contributed by atoms with Crippen molar-refractivity contribution < 1.29 is 9.90 Å². The number of tetrazole rings is 1. The van der Waals surface area contributed by atoms with Crippen molar-refractivity contribution in [3.63, 3.8) is 0 Å². The average molecular weight is 270 g/mol. The van der Waals surface area contributed by atoms with E-state index in [0.717, 1.165) is 5.69 Å². The molecule has 8 nitrogen and oxygen atoms in total. The van der Waals surface area contributed by atoms with E-state index >= 15 is 0 Å². The molecule has 8 heteroatoms. The molecular weight excluding hydrogens is 260 g/mol. The number of carboxylic acids is 1. The smallest absolute Gasteiger partial charge is 0.339 e. The Morgan fingerprint density at radius 3 is 2.65 bits per heavy atom. The van der Waals surface area contributed by atoms with Crippen molar-refractivity contribution in [2.75, 3.05) is 0 Å². The number of para-hydroxylation sites is 1. The third-order valence-electron chi connectivity index (χ3n) is 2.79. The molecule has 3 rings (SSSR count). The van der Waals surface area contributed by atoms with E-state index in [0.29, 0.717) is 11.6 Å². The Morgan fingerprint density at radius 2 is 2.00 bits per heavy atom. The lowest BCUT2D eigenvalue weighted by molar-refractivity contribution is 0.0696. The Balaban J connectivity index is 2.11. The first kappa shape index (κ1) is 12.0. The van der Waals surface area contributed by atoms with Crippen molar-refractivity contribution in [3.05, 3.63) is 47.8 Å². The topological polar surface area (TPSA) is 98.7 Å². The minimum Gasteiger partial charge on any atom is -0.478 e. The van der Waals surface area contributed by atoms with Crippen LogP contribution in [0.4, 0.5) is 0 Å². The molecule has 20 heavy (non-hydrogen) atoms. The molecule has 0 unspecified atom stereocenters. The van der Waals surface area contributed by atoms with Gasteiger partial charge in [0, 0.05) is 6.20 Å². The van der Waals surface area contributed by atoms with Crippen LogP contribution in [0.3, 0.4) is 0 Å². The van der Waals surface area contributed by atoms with Gasteiger partial charge in [-0.05, 0) is 29.5 Å². The van der Waals surface area contributed by atoms with E-state index in [2.05, 4.69) is 20.6 Å². The van der Waals surface area contributed by atoms with Crippen LogP contribution in [-0.2, 0) is 0 Å². The Bertz CT molecular complexity index is 761. The second kappa shape index (κ2) is 4.57. The minimum atomic E-state index is -1.03. The highest BCUT2D eigenvalue weighted by Crippen LogP contribution is 2.13. The van der Waals surface area contributed by atoms with Crippen molar-refractivity contribution >= 4 is 5.97 Å². The van der Waals surface area contributed by atoms with Gasteiger partial charge in [0.25, 0.3) is 5.95 Å². The fraction of sp³-hybridized carbons (Fsp3) is 0.0833. The highest BCUT2D eigenvalue weighted by molar-refractivity contribution is 5.88. The number of hydrogen-bond donors (Lipinski definition) is 1. The summed E-state index contributed by atoms with van der Waals surface area (Å²) in [4.78, 5) is 11.0. The molecule has 100 valence electrons. The first-order chi connectivity index (χ1) is 9.66. The molecule has 0 fully saturated rings. The van der Waals surface area contributed by atoms with Crippen LogP contribution in [0.2, 0.25) is 0 Å². The van der Waals surface area contributed by atoms with Crippen LogP contribution in [0.5, 0.6) is 0 Å². The molecule has 1 aromatic carbocycles. The molecule has 0 aliphatic rings. The molecule has 0 aliphatic carbocycles. The van der Waals surface area contributed by atoms with Crippen LogP contribution >= 0.6 is 0 Å². The molecule has 0 atom stereocenters. The third kappa shape index (κ3) is 1.92. The molecule has 0 amide bonds. The Hall–Kier alpha value is -3.03. The monoisotopic (exact) mass is 270 g/mol. The van der Waals surface area contributed by atoms with Crippen LogP contribution in [0.1, 0.15) is 16.1 Å². The maximum Gasteiger partial charge on any atom is 0.339 e. The first-order valence-corrected chi connectivity index (χ1v) is 5.80. The largest absolute Gasteiger partial charge is 0.478 e. The van der Waals surface area contributed by atoms with E-state index in [1.165, 1.54) is 15.6 Å². The third-order valence-corrected chi connectivity index (χ3v) is 2.79. The van der Waals surface area contributed by atoms with E-state index in [-0.39, 0.29) is 5.56 Å². The summed E-state index contributed by atoms with van der Waals surface area (Å²) < 4.78 is 2.84. The maximum absolute atomic E-state index is 11.0. The molecule has 0 bridgehead atoms. The summed E-state index contributed by atoms with van der Waals surface area (Å²) in [6, 6.07) is 9.28. The molecule has 0 saturated heterocycles. The standard InChI is InChI=1S/C12H10N6O2/c1-8-10(11(19)20)7-17(14-8)12-13-15-16-18(12)9-5-3-2-4-6-9/h2-7H,1H3,(H,19,20). The summed E-state index contributed by atoms with van der Waals surface area (Å²) >= 11 is 0. The van der Waals surface area contributed by atoms with Crippen LogP contribution in [0.25, 0.3) is 11.6 Å². The van der Waals surface area contributed by atoms with E-state index in [1.54, 1.807) is 6.92 Å². The number of rotatable bonds is 3. The van der Waals surface area contributed by atoms with Crippen molar-refractivity contribution in [2.24, 2.45) is 0 Å². The van der Waals surface area contributed by atoms with Gasteiger partial charge in [0.15, 0.2) is 0 Å². The minimum absolute atomic E-state index is 0.118. The molecule has 0 saturated carbocycles. The SMILES string of the molecule is Cc1nn(-c2nnnn2-c2ccccc2)cc1C(=O)O. The summed E-state index contributed by atoms with van der Waals surface area (Å²) in [5.74, 6) is -0.709. The van der Waals surface area contributed by atoms with E-state index in [1.807, 2.05) is 30.3 Å². The molecular formula is C12H10N6O2. The quantitative estimate of drug-likeness (QED) is 0.757. The van der Waals surface area contributed by atoms with E-state index < -0.39 is 5.97 Å². The van der Waals surface area contributed by atoms with E-state index in [4.69, 9.17) is 5.11 Å². The zero-order valence-electron chi connectivity index (χ0n) is 10.5. The summed E-state index contributed by atoms with van der Waals surface area (Å²) in [5, 5.41) is 24.6. The predicted molar refractivity (Wildman–Crippen MR) is 68.0 cm³/mol. The van der Waals surface area contributed by atoms with Crippen LogP contribution in [0.15, 0.2) is 36.5 Å². The fourth-order valence-corrected chi connectivity index (χ4v) is 1.83. The summed E-state index contributed by atoms with van der Waals surface area (Å²) in [6.45, 7) is 1.62. The fourth-order valence-electron chi connectivity index (χ4n) is 1.83. The molecule has 2 aromatic heterocycles. The summed E-state index contributed by atoms with van der Waals surface area (Å²) in [6.07, 6.45) is 1.39. The van der Waals surface area contributed by atoms with Crippen molar-refractivity contribution in [2.45, 2.75) is 6.92 Å². The Morgan fingerprint density at radius 1 is 1.25 bits per heavy atom. The normalized spacial score (nSPS) is 10.7. The highest BCUT2D eigenvalue weighted by atomic mass is 16.4. The first-order valence-electron chi connectivity index (χ1n) is 5.80. The summed E-state index contributed by atoms with van der Waals surface area (Å²) in [7, 11) is 0. The predicted octanol–water partition coefficient (Wildman–Crippen LogP) is 0.855. The number of carbonyl (C=O) groups is 1. The zero-order chi connectivity index (χ0) is 14.1. The Kier molecular flexibility index (Phi) is 2.75. The maximum atomic E-state index is 11.0. The van der Waals surface area contributed by atoms with Gasteiger partial charge in [0.05, 0.1) is 11.4 Å². The van der Waals surface area contributed by atoms with E-state index in [9.17, 15) is 4.79 Å². The van der Waals surface area contributed by atoms with Gasteiger partial charge in [-0.3, -0.25) is 0 Å². The van der Waals surface area contributed by atoms with Crippen LogP contribution < -0.4 is 0 Å². The molecule has 2 heterocycles. The second-order valence-electron chi connectivity index (χ2n) is 4.10. The van der Waals surface area contributed by atoms with Gasteiger partial charge in [0.1, 0.15) is 5.56 Å². The molecule has 1 N–H and O–H groups in total. The van der Waals surface area contributed by atoms with Gasteiger partial charge in [-0.2, -0.15) is 9.78 Å².